The molecule has 15 rings (SSSR count). The number of hydrogen-bond donors (Lipinski definition) is 0. The van der Waals surface area contributed by atoms with Crippen LogP contribution in [-0.4, -0.2) is 0 Å². The van der Waals surface area contributed by atoms with E-state index in [0.717, 1.165) is 83.2 Å². The molecule has 0 amide bonds. The number of furan rings is 2. The van der Waals surface area contributed by atoms with Crippen molar-refractivity contribution in [1.82, 2.24) is 0 Å². The molecule has 2 heterocycles. The number of rotatable bonds is 9. The highest BCUT2D eigenvalue weighted by molar-refractivity contribution is 6.08. The molecule has 12 aromatic carbocycles. The van der Waals surface area contributed by atoms with Crippen LogP contribution in [0, 0.1) is 0 Å². The fraction of sp³-hybridized carbons (Fsp3) is 0.0137. The van der Waals surface area contributed by atoms with Gasteiger partial charge < -0.3 is 13.7 Å². The summed E-state index contributed by atoms with van der Waals surface area (Å²) in [5, 5.41) is 4.43. The zero-order valence-corrected chi connectivity index (χ0v) is 41.4. The molecular formula is C73H47NO2. The molecule has 1 atom stereocenters. The van der Waals surface area contributed by atoms with Crippen molar-refractivity contribution in [2.45, 2.75) is 5.41 Å². The number of fused-ring (bicyclic) bond motifs is 9. The van der Waals surface area contributed by atoms with Crippen LogP contribution >= 0.6 is 0 Å². The fourth-order valence-electron chi connectivity index (χ4n) is 12.3. The van der Waals surface area contributed by atoms with Crippen LogP contribution in [0.2, 0.25) is 0 Å². The molecular weight excluding hydrogens is 923 g/mol. The van der Waals surface area contributed by atoms with Gasteiger partial charge in [-0.05, 0) is 145 Å². The van der Waals surface area contributed by atoms with E-state index in [0.29, 0.717) is 0 Å². The van der Waals surface area contributed by atoms with Crippen LogP contribution in [-0.2, 0) is 5.41 Å². The van der Waals surface area contributed by atoms with E-state index in [9.17, 15) is 0 Å². The predicted molar refractivity (Wildman–Crippen MR) is 315 cm³/mol. The van der Waals surface area contributed by atoms with Gasteiger partial charge in [0.15, 0.2) is 0 Å². The lowest BCUT2D eigenvalue weighted by molar-refractivity contribution is 0.668. The summed E-state index contributed by atoms with van der Waals surface area (Å²) in [4.78, 5) is 2.39. The zero-order valence-electron chi connectivity index (χ0n) is 41.4. The van der Waals surface area contributed by atoms with Crippen molar-refractivity contribution in [3.8, 4) is 55.6 Å². The maximum Gasteiger partial charge on any atom is 0.137 e. The van der Waals surface area contributed by atoms with Crippen LogP contribution in [0.5, 0.6) is 0 Å². The molecule has 14 aromatic rings. The summed E-state index contributed by atoms with van der Waals surface area (Å²) in [7, 11) is 0. The van der Waals surface area contributed by atoms with Gasteiger partial charge in [-0.25, -0.2) is 0 Å². The van der Waals surface area contributed by atoms with E-state index in [-0.39, 0.29) is 0 Å². The van der Waals surface area contributed by atoms with E-state index in [1.54, 1.807) is 0 Å². The number of nitrogens with zero attached hydrogens (tertiary/aromatic N) is 1. The van der Waals surface area contributed by atoms with Crippen LogP contribution in [0.1, 0.15) is 22.3 Å². The molecule has 0 bridgehead atoms. The molecule has 0 radical (unpaired) electrons. The standard InChI is InChI=1S/C73H47NO2/c1-4-16-48(17-5-1)50-30-32-51(33-31-50)52-34-37-57(38-35-52)74(59-39-42-64-62-25-11-13-29-69(62)76-71(64)47-59)58-40-43-65-67(46-58)73(55-21-8-3-9-22-55,56-23-14-20-53(44-56)49-18-6-2-7-19-49)66-27-15-26-60(72(65)66)54-36-41-63-61-24-10-12-28-68(61)75-70(63)45-54/h1-47H. The van der Waals surface area contributed by atoms with Crippen LogP contribution in [0.4, 0.5) is 17.1 Å². The van der Waals surface area contributed by atoms with Crippen molar-refractivity contribution in [1.29, 1.82) is 0 Å². The van der Waals surface area contributed by atoms with Gasteiger partial charge in [-0.15, -0.1) is 0 Å². The van der Waals surface area contributed by atoms with Crippen LogP contribution < -0.4 is 4.90 Å². The van der Waals surface area contributed by atoms with E-state index < -0.39 is 5.41 Å². The molecule has 2 aromatic heterocycles. The quantitative estimate of drug-likeness (QED) is 0.144. The fourth-order valence-corrected chi connectivity index (χ4v) is 12.3. The van der Waals surface area contributed by atoms with Crippen LogP contribution in [0.15, 0.2) is 294 Å². The molecule has 0 saturated carbocycles. The van der Waals surface area contributed by atoms with Gasteiger partial charge in [-0.2, -0.15) is 0 Å². The summed E-state index contributed by atoms with van der Waals surface area (Å²) >= 11 is 0. The molecule has 1 aliphatic rings. The smallest absolute Gasteiger partial charge is 0.137 e. The second-order valence-corrected chi connectivity index (χ2v) is 19.9. The third-order valence-electron chi connectivity index (χ3n) is 15.8. The summed E-state index contributed by atoms with van der Waals surface area (Å²) in [6, 6.07) is 104. The first-order valence-corrected chi connectivity index (χ1v) is 26.0. The number of anilines is 3. The SMILES string of the molecule is c1ccc(-c2ccc(-c3ccc(N(c4ccc5c(c4)C(c4ccccc4)(c4cccc(-c6ccccc6)c4)c4cccc(-c6ccc7c(c6)oc6ccccc67)c4-5)c4ccc5c(c4)oc4ccccc45)cc3)cc2)cc1. The van der Waals surface area contributed by atoms with Gasteiger partial charge in [-0.1, -0.05) is 212 Å². The third-order valence-corrected chi connectivity index (χ3v) is 15.8. The average molecular weight is 970 g/mol. The molecule has 0 aliphatic heterocycles. The van der Waals surface area contributed by atoms with E-state index in [2.05, 4.69) is 278 Å². The van der Waals surface area contributed by atoms with Gasteiger partial charge >= 0.3 is 0 Å². The lowest BCUT2D eigenvalue weighted by atomic mass is 9.67. The molecule has 0 N–H and O–H groups in total. The molecule has 1 aliphatic carbocycles. The Bertz CT molecular complexity index is 4500. The third kappa shape index (κ3) is 6.97. The predicted octanol–water partition coefficient (Wildman–Crippen LogP) is 20.0. The van der Waals surface area contributed by atoms with Gasteiger partial charge in [0.2, 0.25) is 0 Å². The minimum atomic E-state index is -0.726. The Balaban J connectivity index is 0.960. The van der Waals surface area contributed by atoms with E-state index >= 15 is 0 Å². The average Bonchev–Trinajstić information content (AvgIpc) is 4.25. The first-order valence-electron chi connectivity index (χ1n) is 26.0. The Morgan fingerprint density at radius 2 is 0.711 bits per heavy atom. The molecule has 356 valence electrons. The normalized spacial score (nSPS) is 13.8. The Morgan fingerprint density at radius 3 is 1.38 bits per heavy atom. The maximum absolute atomic E-state index is 6.61. The Morgan fingerprint density at radius 1 is 0.250 bits per heavy atom. The molecule has 0 fully saturated rings. The summed E-state index contributed by atoms with van der Waals surface area (Å²) in [6.07, 6.45) is 0. The van der Waals surface area contributed by atoms with Crippen molar-refractivity contribution >= 4 is 60.9 Å². The van der Waals surface area contributed by atoms with Crippen LogP contribution in [0.25, 0.3) is 99.5 Å². The van der Waals surface area contributed by atoms with E-state index in [1.165, 1.54) is 55.6 Å². The number of benzene rings is 12. The highest BCUT2D eigenvalue weighted by Gasteiger charge is 2.47. The summed E-state index contributed by atoms with van der Waals surface area (Å²) in [6.45, 7) is 0. The van der Waals surface area contributed by atoms with Gasteiger partial charge in [0.1, 0.15) is 22.3 Å². The van der Waals surface area contributed by atoms with Gasteiger partial charge in [0.05, 0.1) is 5.41 Å². The lowest BCUT2D eigenvalue weighted by Gasteiger charge is -2.35. The van der Waals surface area contributed by atoms with Gasteiger partial charge in [-0.3, -0.25) is 0 Å². The van der Waals surface area contributed by atoms with Gasteiger partial charge in [0.25, 0.3) is 0 Å². The minimum Gasteiger partial charge on any atom is -0.456 e. The van der Waals surface area contributed by atoms with E-state index in [4.69, 9.17) is 8.83 Å². The Kier molecular flexibility index (Phi) is 10.1. The van der Waals surface area contributed by atoms with Gasteiger partial charge in [0, 0.05) is 44.7 Å². The topological polar surface area (TPSA) is 29.5 Å². The molecule has 0 saturated heterocycles. The highest BCUT2D eigenvalue weighted by Crippen LogP contribution is 2.60. The van der Waals surface area contributed by atoms with Crippen molar-refractivity contribution < 1.29 is 8.83 Å². The summed E-state index contributed by atoms with van der Waals surface area (Å²) in [5.41, 5.74) is 22.4. The van der Waals surface area contributed by atoms with Crippen molar-refractivity contribution in [2.24, 2.45) is 0 Å². The monoisotopic (exact) mass is 969 g/mol. The Hall–Kier alpha value is -9.96. The molecule has 3 heteroatoms. The lowest BCUT2D eigenvalue weighted by Crippen LogP contribution is -2.29. The first-order chi connectivity index (χ1) is 37.7. The second kappa shape index (κ2) is 17.6. The molecule has 76 heavy (non-hydrogen) atoms. The maximum atomic E-state index is 6.61. The first kappa shape index (κ1) is 43.6. The second-order valence-electron chi connectivity index (χ2n) is 19.9. The van der Waals surface area contributed by atoms with Crippen molar-refractivity contribution in [3.63, 3.8) is 0 Å². The van der Waals surface area contributed by atoms with Crippen molar-refractivity contribution in [2.75, 3.05) is 4.90 Å². The van der Waals surface area contributed by atoms with Crippen LogP contribution in [0.3, 0.4) is 0 Å². The molecule has 3 nitrogen and oxygen atoms in total. The molecule has 1 unspecified atom stereocenters. The van der Waals surface area contributed by atoms with E-state index in [1.807, 2.05) is 12.1 Å². The number of hydrogen-bond acceptors (Lipinski definition) is 3. The number of para-hydroxylation sites is 2. The zero-order chi connectivity index (χ0) is 50.2. The minimum absolute atomic E-state index is 0.726. The summed E-state index contributed by atoms with van der Waals surface area (Å²) in [5.74, 6) is 0. The summed E-state index contributed by atoms with van der Waals surface area (Å²) < 4.78 is 13.2. The largest absolute Gasteiger partial charge is 0.456 e. The van der Waals surface area contributed by atoms with Crippen molar-refractivity contribution in [3.05, 3.63) is 307 Å². The Labute approximate surface area is 440 Å². The molecule has 0 spiro atoms. The highest BCUT2D eigenvalue weighted by atomic mass is 16.3.